The molecule has 0 saturated carbocycles. The number of hydrogen-bond donors (Lipinski definition) is 0. The molecule has 2 nitrogen and oxygen atoms in total. The van der Waals surface area contributed by atoms with E-state index in [-0.39, 0.29) is 9.52 Å². The molecule has 50 valence electrons. The van der Waals surface area contributed by atoms with Crippen LogP contribution < -0.4 is 0 Å². The highest BCUT2D eigenvalue weighted by Gasteiger charge is 1.90. The van der Waals surface area contributed by atoms with Crippen LogP contribution in [0.2, 0.25) is 6.55 Å². The number of hydrogen-bond acceptors (Lipinski definition) is 2. The Bertz CT molecular complexity index is 45.7. The smallest absolute Gasteiger partial charge is 0.0981 e. The van der Waals surface area contributed by atoms with Gasteiger partial charge in [0.1, 0.15) is 0 Å². The highest BCUT2D eigenvalue weighted by Crippen LogP contribution is 1.77. The van der Waals surface area contributed by atoms with Crippen LogP contribution in [0.3, 0.4) is 0 Å². The lowest BCUT2D eigenvalue weighted by atomic mass is 10.9. The second-order valence-electron chi connectivity index (χ2n) is 2.00. The first-order valence-electron chi connectivity index (χ1n) is 2.98. The predicted molar refractivity (Wildman–Crippen MR) is 38.9 cm³/mol. The minimum atomic E-state index is 0.192. The van der Waals surface area contributed by atoms with Crippen molar-refractivity contribution in [1.29, 1.82) is 0 Å². The molecule has 0 heterocycles. The fraction of sp³-hybridized carbons (Fsp3) is 1.00. The number of methoxy groups -OCH3 is 1. The molecule has 0 aromatic heterocycles. The zero-order valence-corrected chi connectivity index (χ0v) is 7.39. The van der Waals surface area contributed by atoms with Crippen LogP contribution in [0.25, 0.3) is 0 Å². The first-order valence-corrected chi connectivity index (χ1v) is 5.40. The molecule has 0 aromatic carbocycles. The average molecular weight is 133 g/mol. The fourth-order valence-corrected chi connectivity index (χ4v) is 1.56. The number of ether oxygens (including phenoxy) is 1. The van der Waals surface area contributed by atoms with E-state index in [1.54, 1.807) is 7.11 Å². The molecule has 0 rings (SSSR count). The molecule has 0 aromatic rings. The molecule has 0 bridgehead atoms. The van der Waals surface area contributed by atoms with Gasteiger partial charge in [0.2, 0.25) is 0 Å². The van der Waals surface area contributed by atoms with Gasteiger partial charge in [-0.1, -0.05) is 6.55 Å². The highest BCUT2D eigenvalue weighted by molar-refractivity contribution is 6.33. The van der Waals surface area contributed by atoms with Gasteiger partial charge in [0.15, 0.2) is 0 Å². The molecule has 3 heteroatoms. The van der Waals surface area contributed by atoms with E-state index < -0.39 is 0 Å². The molecule has 0 unspecified atom stereocenters. The molecule has 0 saturated heterocycles. The van der Waals surface area contributed by atoms with E-state index in [2.05, 4.69) is 18.5 Å². The van der Waals surface area contributed by atoms with Crippen molar-refractivity contribution < 1.29 is 4.74 Å². The van der Waals surface area contributed by atoms with Crippen molar-refractivity contribution in [3.63, 3.8) is 0 Å². The van der Waals surface area contributed by atoms with Crippen LogP contribution in [0.1, 0.15) is 0 Å². The van der Waals surface area contributed by atoms with Gasteiger partial charge in [0, 0.05) is 16.6 Å². The summed E-state index contributed by atoms with van der Waals surface area (Å²) in [5.74, 6) is 0. The van der Waals surface area contributed by atoms with Gasteiger partial charge in [-0.2, -0.15) is 0 Å². The van der Waals surface area contributed by atoms with Gasteiger partial charge in [0.25, 0.3) is 0 Å². The standard InChI is InChI=1S/C5H15NOSi/c1-6(4-7-2)5-8-3/h4-5,8H2,1-3H3. The van der Waals surface area contributed by atoms with Crippen LogP contribution in [0.15, 0.2) is 0 Å². The SMILES string of the molecule is COCN(C)C[SiH2]C. The van der Waals surface area contributed by atoms with Crippen molar-refractivity contribution in [2.75, 3.05) is 27.1 Å². The van der Waals surface area contributed by atoms with E-state index in [1.807, 2.05) is 0 Å². The minimum absolute atomic E-state index is 0.192. The Morgan fingerprint density at radius 2 is 2.25 bits per heavy atom. The van der Waals surface area contributed by atoms with Crippen molar-refractivity contribution in [3.8, 4) is 0 Å². The van der Waals surface area contributed by atoms with Crippen LogP contribution >= 0.6 is 0 Å². The summed E-state index contributed by atoms with van der Waals surface area (Å²) in [6.07, 6.45) is 1.26. The van der Waals surface area contributed by atoms with E-state index >= 15 is 0 Å². The molecule has 0 spiro atoms. The molecule has 0 aliphatic rings. The quantitative estimate of drug-likeness (QED) is 0.385. The number of nitrogens with zero attached hydrogens (tertiary/aromatic N) is 1. The van der Waals surface area contributed by atoms with Crippen LogP contribution in [-0.4, -0.2) is 41.5 Å². The predicted octanol–water partition coefficient (Wildman–Crippen LogP) is -0.303. The van der Waals surface area contributed by atoms with Crippen LogP contribution in [0, 0.1) is 0 Å². The summed E-state index contributed by atoms with van der Waals surface area (Å²) in [5, 5.41) is 0. The van der Waals surface area contributed by atoms with Crippen molar-refractivity contribution in [1.82, 2.24) is 4.90 Å². The molecule has 0 amide bonds. The molecule has 0 N–H and O–H groups in total. The molecule has 0 aliphatic heterocycles. The summed E-state index contributed by atoms with van der Waals surface area (Å²) in [4.78, 5) is 2.20. The Balaban J connectivity index is 2.92. The lowest BCUT2D eigenvalue weighted by Gasteiger charge is -2.12. The fourth-order valence-electron chi connectivity index (χ4n) is 0.667. The van der Waals surface area contributed by atoms with E-state index in [9.17, 15) is 0 Å². The van der Waals surface area contributed by atoms with E-state index in [1.165, 1.54) is 6.17 Å². The van der Waals surface area contributed by atoms with Crippen LogP contribution in [0.4, 0.5) is 0 Å². The largest absolute Gasteiger partial charge is 0.369 e. The third-order valence-corrected chi connectivity index (χ3v) is 2.17. The maximum Gasteiger partial charge on any atom is 0.0981 e. The maximum absolute atomic E-state index is 4.90. The third-order valence-electron chi connectivity index (χ3n) is 0.955. The van der Waals surface area contributed by atoms with Crippen LogP contribution in [0.5, 0.6) is 0 Å². The van der Waals surface area contributed by atoms with E-state index in [0.29, 0.717) is 0 Å². The van der Waals surface area contributed by atoms with Gasteiger partial charge < -0.3 is 4.74 Å². The molecule has 8 heavy (non-hydrogen) atoms. The van der Waals surface area contributed by atoms with Crippen molar-refractivity contribution in [3.05, 3.63) is 0 Å². The molecular formula is C5H15NOSi. The summed E-state index contributed by atoms with van der Waals surface area (Å²) in [5.41, 5.74) is 0. The van der Waals surface area contributed by atoms with Crippen molar-refractivity contribution in [2.24, 2.45) is 0 Å². The monoisotopic (exact) mass is 133 g/mol. The lowest BCUT2D eigenvalue weighted by molar-refractivity contribution is 0.0938. The Kier molecular flexibility index (Phi) is 5.37. The van der Waals surface area contributed by atoms with Gasteiger partial charge in [-0.15, -0.1) is 0 Å². The van der Waals surface area contributed by atoms with Crippen molar-refractivity contribution >= 4 is 9.52 Å². The van der Waals surface area contributed by atoms with Gasteiger partial charge in [0.05, 0.1) is 6.73 Å². The number of rotatable bonds is 4. The van der Waals surface area contributed by atoms with Crippen molar-refractivity contribution in [2.45, 2.75) is 6.55 Å². The molecule has 0 aliphatic carbocycles. The summed E-state index contributed by atoms with van der Waals surface area (Å²) < 4.78 is 4.90. The zero-order valence-electron chi connectivity index (χ0n) is 5.98. The van der Waals surface area contributed by atoms with E-state index in [4.69, 9.17) is 4.74 Å². The van der Waals surface area contributed by atoms with Gasteiger partial charge in [-0.25, -0.2) is 0 Å². The molecule has 0 fully saturated rings. The summed E-state index contributed by atoms with van der Waals surface area (Å²) >= 11 is 0. The summed E-state index contributed by atoms with van der Waals surface area (Å²) in [6, 6.07) is 0. The Morgan fingerprint density at radius 3 is 2.62 bits per heavy atom. The Morgan fingerprint density at radius 1 is 1.62 bits per heavy atom. The van der Waals surface area contributed by atoms with Gasteiger partial charge in [-0.05, 0) is 13.2 Å². The zero-order chi connectivity index (χ0) is 6.41. The Labute approximate surface area is 53.6 Å². The van der Waals surface area contributed by atoms with E-state index in [0.717, 1.165) is 6.73 Å². The first-order chi connectivity index (χ1) is 3.81. The third kappa shape index (κ3) is 4.30. The normalized spacial score (nSPS) is 12.0. The second kappa shape index (κ2) is 5.28. The summed E-state index contributed by atoms with van der Waals surface area (Å²) in [6.45, 7) is 3.08. The first kappa shape index (κ1) is 8.14. The van der Waals surface area contributed by atoms with Gasteiger partial charge >= 0.3 is 0 Å². The topological polar surface area (TPSA) is 12.5 Å². The van der Waals surface area contributed by atoms with Gasteiger partial charge in [-0.3, -0.25) is 4.90 Å². The molecule has 0 atom stereocenters. The molecule has 0 radical (unpaired) electrons. The summed E-state index contributed by atoms with van der Waals surface area (Å²) in [7, 11) is 4.01. The maximum atomic E-state index is 4.90. The lowest BCUT2D eigenvalue weighted by Crippen LogP contribution is -2.24. The second-order valence-corrected chi connectivity index (χ2v) is 3.44. The minimum Gasteiger partial charge on any atom is -0.369 e. The molecular weight excluding hydrogens is 118 g/mol. The average Bonchev–Trinajstić information content (AvgIpc) is 1.68. The highest BCUT2D eigenvalue weighted by atomic mass is 28.2. The van der Waals surface area contributed by atoms with Crippen LogP contribution in [-0.2, 0) is 4.74 Å². The Hall–Kier alpha value is 0.137.